The lowest BCUT2D eigenvalue weighted by Crippen LogP contribution is -2.23. The van der Waals surface area contributed by atoms with Crippen molar-refractivity contribution in [2.45, 2.75) is 19.4 Å². The van der Waals surface area contributed by atoms with E-state index in [1.165, 1.54) is 0 Å². The highest BCUT2D eigenvalue weighted by atomic mass is 16.5. The van der Waals surface area contributed by atoms with Crippen molar-refractivity contribution in [1.82, 2.24) is 5.32 Å². The molecule has 0 aromatic heterocycles. The zero-order valence-corrected chi connectivity index (χ0v) is 12.3. The van der Waals surface area contributed by atoms with Gasteiger partial charge in [0.25, 0.3) is 0 Å². The normalized spacial score (nSPS) is 12.4. The molecular formula is C15H25NO4. The molecule has 0 saturated carbocycles. The standard InChI is InChI=1S/C15H25NO4/c1-12-4-5-15(19-2)13(10-12)14(18)11-16-6-3-8-20-9-7-17/h4-5,10,14,16-18H,3,6-9,11H2,1-2H3. The van der Waals surface area contributed by atoms with Crippen LogP contribution in [0.2, 0.25) is 0 Å². The maximum absolute atomic E-state index is 10.2. The van der Waals surface area contributed by atoms with E-state index in [9.17, 15) is 5.11 Å². The van der Waals surface area contributed by atoms with E-state index in [4.69, 9.17) is 14.6 Å². The number of aliphatic hydroxyl groups is 2. The van der Waals surface area contributed by atoms with E-state index in [2.05, 4.69) is 5.32 Å². The first kappa shape index (κ1) is 16.9. The Morgan fingerprint density at radius 2 is 2.10 bits per heavy atom. The minimum atomic E-state index is -0.594. The Morgan fingerprint density at radius 3 is 2.80 bits per heavy atom. The number of rotatable bonds is 10. The third-order valence-corrected chi connectivity index (χ3v) is 2.96. The molecule has 0 aliphatic heterocycles. The molecule has 1 rings (SSSR count). The van der Waals surface area contributed by atoms with E-state index in [0.29, 0.717) is 25.5 Å². The van der Waals surface area contributed by atoms with Gasteiger partial charge in [0, 0.05) is 18.7 Å². The number of hydrogen-bond donors (Lipinski definition) is 3. The van der Waals surface area contributed by atoms with Gasteiger partial charge in [0.15, 0.2) is 0 Å². The highest BCUT2D eigenvalue weighted by molar-refractivity contribution is 5.38. The van der Waals surface area contributed by atoms with E-state index in [1.54, 1.807) is 7.11 Å². The van der Waals surface area contributed by atoms with Gasteiger partial charge in [-0.3, -0.25) is 0 Å². The van der Waals surface area contributed by atoms with Gasteiger partial charge in [-0.1, -0.05) is 11.6 Å². The summed E-state index contributed by atoms with van der Waals surface area (Å²) in [5.41, 5.74) is 1.90. The zero-order chi connectivity index (χ0) is 14.8. The van der Waals surface area contributed by atoms with Crippen molar-refractivity contribution in [2.75, 3.05) is 40.0 Å². The largest absolute Gasteiger partial charge is 0.496 e. The molecule has 0 heterocycles. The summed E-state index contributed by atoms with van der Waals surface area (Å²) in [4.78, 5) is 0. The molecule has 0 saturated heterocycles. The molecule has 1 atom stereocenters. The summed E-state index contributed by atoms with van der Waals surface area (Å²) in [7, 11) is 1.60. The van der Waals surface area contributed by atoms with Crippen LogP contribution in [0.1, 0.15) is 23.7 Å². The van der Waals surface area contributed by atoms with Crippen molar-refractivity contribution in [2.24, 2.45) is 0 Å². The van der Waals surface area contributed by atoms with Crippen molar-refractivity contribution in [1.29, 1.82) is 0 Å². The van der Waals surface area contributed by atoms with Crippen LogP contribution in [-0.2, 0) is 4.74 Å². The first-order chi connectivity index (χ1) is 9.69. The van der Waals surface area contributed by atoms with E-state index >= 15 is 0 Å². The Morgan fingerprint density at radius 1 is 1.30 bits per heavy atom. The van der Waals surface area contributed by atoms with Crippen LogP contribution in [0.5, 0.6) is 5.75 Å². The van der Waals surface area contributed by atoms with Crippen molar-refractivity contribution in [3.8, 4) is 5.75 Å². The summed E-state index contributed by atoms with van der Waals surface area (Å²) < 4.78 is 10.4. The van der Waals surface area contributed by atoms with E-state index < -0.39 is 6.10 Å². The fraction of sp³-hybridized carbons (Fsp3) is 0.600. The SMILES string of the molecule is COc1ccc(C)cc1C(O)CNCCCOCCO. The Bertz CT molecular complexity index is 384. The predicted molar refractivity (Wildman–Crippen MR) is 78.1 cm³/mol. The molecule has 0 aliphatic rings. The molecular weight excluding hydrogens is 258 g/mol. The summed E-state index contributed by atoms with van der Waals surface area (Å²) >= 11 is 0. The van der Waals surface area contributed by atoms with Gasteiger partial charge in [-0.25, -0.2) is 0 Å². The lowest BCUT2D eigenvalue weighted by molar-refractivity contribution is 0.0899. The van der Waals surface area contributed by atoms with Crippen LogP contribution in [0.4, 0.5) is 0 Å². The molecule has 1 unspecified atom stereocenters. The maximum atomic E-state index is 10.2. The summed E-state index contributed by atoms with van der Waals surface area (Å²) in [5, 5.41) is 21.9. The summed E-state index contributed by atoms with van der Waals surface area (Å²) in [5.74, 6) is 0.705. The average Bonchev–Trinajstić information content (AvgIpc) is 2.46. The first-order valence-electron chi connectivity index (χ1n) is 6.91. The molecule has 0 fully saturated rings. The van der Waals surface area contributed by atoms with Crippen LogP contribution in [0.3, 0.4) is 0 Å². The van der Waals surface area contributed by atoms with Crippen LogP contribution < -0.4 is 10.1 Å². The monoisotopic (exact) mass is 283 g/mol. The molecule has 3 N–H and O–H groups in total. The Hall–Kier alpha value is -1.14. The maximum Gasteiger partial charge on any atom is 0.124 e. The summed E-state index contributed by atoms with van der Waals surface area (Å²) in [6.07, 6.45) is 0.251. The topological polar surface area (TPSA) is 71.0 Å². The third-order valence-electron chi connectivity index (χ3n) is 2.96. The molecule has 1 aromatic rings. The molecule has 5 heteroatoms. The minimum absolute atomic E-state index is 0.0549. The fourth-order valence-electron chi connectivity index (χ4n) is 1.93. The zero-order valence-electron chi connectivity index (χ0n) is 12.3. The second kappa shape index (κ2) is 9.72. The number of hydrogen-bond acceptors (Lipinski definition) is 5. The molecule has 0 aliphatic carbocycles. The molecule has 0 spiro atoms. The van der Waals surface area contributed by atoms with E-state index in [-0.39, 0.29) is 6.61 Å². The number of ether oxygens (including phenoxy) is 2. The Kier molecular flexibility index (Phi) is 8.22. The third kappa shape index (κ3) is 5.88. The lowest BCUT2D eigenvalue weighted by Gasteiger charge is -2.16. The number of methoxy groups -OCH3 is 1. The quantitative estimate of drug-likeness (QED) is 0.559. The smallest absolute Gasteiger partial charge is 0.124 e. The van der Waals surface area contributed by atoms with Gasteiger partial charge < -0.3 is 25.0 Å². The first-order valence-corrected chi connectivity index (χ1v) is 6.91. The second-order valence-corrected chi connectivity index (χ2v) is 4.65. The van der Waals surface area contributed by atoms with Gasteiger partial charge in [-0.2, -0.15) is 0 Å². The Labute approximate surface area is 120 Å². The lowest BCUT2D eigenvalue weighted by atomic mass is 10.1. The van der Waals surface area contributed by atoms with E-state index in [1.807, 2.05) is 25.1 Å². The molecule has 20 heavy (non-hydrogen) atoms. The van der Waals surface area contributed by atoms with Crippen LogP contribution in [0, 0.1) is 6.92 Å². The van der Waals surface area contributed by atoms with Gasteiger partial charge in [0.1, 0.15) is 5.75 Å². The van der Waals surface area contributed by atoms with Crippen molar-refractivity contribution in [3.63, 3.8) is 0 Å². The van der Waals surface area contributed by atoms with Crippen molar-refractivity contribution in [3.05, 3.63) is 29.3 Å². The molecule has 114 valence electrons. The Balaban J connectivity index is 2.32. The highest BCUT2D eigenvalue weighted by Gasteiger charge is 2.12. The van der Waals surface area contributed by atoms with Gasteiger partial charge in [0.2, 0.25) is 0 Å². The summed E-state index contributed by atoms with van der Waals surface area (Å²) in [6.45, 7) is 4.26. The highest BCUT2D eigenvalue weighted by Crippen LogP contribution is 2.25. The second-order valence-electron chi connectivity index (χ2n) is 4.65. The molecule has 0 bridgehead atoms. The van der Waals surface area contributed by atoms with Crippen LogP contribution in [-0.4, -0.2) is 50.2 Å². The van der Waals surface area contributed by atoms with E-state index in [0.717, 1.165) is 24.1 Å². The number of nitrogens with one attached hydrogen (secondary N) is 1. The molecule has 0 amide bonds. The van der Waals surface area contributed by atoms with Gasteiger partial charge >= 0.3 is 0 Å². The predicted octanol–water partition coefficient (Wildman–Crippen LogP) is 1.03. The van der Waals surface area contributed by atoms with Gasteiger partial charge in [0.05, 0.1) is 26.4 Å². The number of benzene rings is 1. The van der Waals surface area contributed by atoms with Gasteiger partial charge in [-0.05, 0) is 32.0 Å². The van der Waals surface area contributed by atoms with Crippen LogP contribution in [0.15, 0.2) is 18.2 Å². The average molecular weight is 283 g/mol. The molecule has 0 radical (unpaired) electrons. The summed E-state index contributed by atoms with van der Waals surface area (Å²) in [6, 6.07) is 5.77. The minimum Gasteiger partial charge on any atom is -0.496 e. The van der Waals surface area contributed by atoms with Crippen molar-refractivity contribution >= 4 is 0 Å². The fourth-order valence-corrected chi connectivity index (χ4v) is 1.93. The number of aryl methyl sites for hydroxylation is 1. The molecule has 5 nitrogen and oxygen atoms in total. The van der Waals surface area contributed by atoms with Crippen molar-refractivity contribution < 1.29 is 19.7 Å². The molecule has 1 aromatic carbocycles. The number of aliphatic hydroxyl groups excluding tert-OH is 2. The van der Waals surface area contributed by atoms with Gasteiger partial charge in [-0.15, -0.1) is 0 Å². The van der Waals surface area contributed by atoms with Crippen LogP contribution in [0.25, 0.3) is 0 Å². The van der Waals surface area contributed by atoms with Crippen LogP contribution >= 0.6 is 0 Å².